The van der Waals surface area contributed by atoms with Gasteiger partial charge in [0.2, 0.25) is 0 Å². The van der Waals surface area contributed by atoms with Crippen molar-refractivity contribution in [3.63, 3.8) is 0 Å². The van der Waals surface area contributed by atoms with Crippen molar-refractivity contribution in [3.05, 3.63) is 18.1 Å². The lowest BCUT2D eigenvalue weighted by Crippen LogP contribution is -2.26. The van der Waals surface area contributed by atoms with Gasteiger partial charge in [-0.2, -0.15) is 0 Å². The molecule has 13 nitrogen and oxygen atoms in total. The minimum atomic E-state index is -4.68. The van der Waals surface area contributed by atoms with Crippen LogP contribution in [0, 0.1) is 5.41 Å². The minimum absolute atomic E-state index is 0.0140. The summed E-state index contributed by atoms with van der Waals surface area (Å²) in [5.41, 5.74) is 0.524. The normalized spacial score (nSPS) is 23.1. The number of fused-ring (bicyclic) bond motifs is 1. The topological polar surface area (TPSA) is 193 Å². The fraction of sp³-hybridized carbons (Fsp3) is 0.538. The number of phosphoric acid groups is 1. The second-order valence-corrected chi connectivity index (χ2v) is 7.21. The highest BCUT2D eigenvalue weighted by Gasteiger charge is 2.37. The van der Waals surface area contributed by atoms with Crippen LogP contribution >= 0.6 is 7.82 Å². The summed E-state index contributed by atoms with van der Waals surface area (Å²) >= 11 is 0. The van der Waals surface area contributed by atoms with Crippen molar-refractivity contribution < 1.29 is 38.6 Å². The first-order chi connectivity index (χ1) is 12.7. The minimum Gasteiger partial charge on any atom is -0.481 e. The van der Waals surface area contributed by atoms with Crippen LogP contribution in [0.5, 0.6) is 0 Å². The van der Waals surface area contributed by atoms with E-state index in [1.165, 1.54) is 21.8 Å². The van der Waals surface area contributed by atoms with Crippen LogP contribution in [-0.2, 0) is 25.2 Å². The van der Waals surface area contributed by atoms with Crippen LogP contribution in [0.1, 0.15) is 19.1 Å². The zero-order chi connectivity index (χ0) is 19.8. The number of hydrogen-bond donors (Lipinski definition) is 5. The number of rotatable bonds is 7. The molecule has 0 unspecified atom stereocenters. The standard InChI is InChI=1S/C13H18N5O8P/c14-12-11-13(16-5-17(12)2-1-10(20)21)18(6-15-11)9-3-7(19)8(26-9)4-25-27(22,23)24/h5-9,14,19H,1-4H2,(H,20,21)(H2,22,23,24)/t7-,8+,9+/m0/s1. The number of aryl methyl sites for hydroxylation is 1. The number of imidazole rings is 1. The van der Waals surface area contributed by atoms with Gasteiger partial charge in [-0.15, -0.1) is 0 Å². The summed E-state index contributed by atoms with van der Waals surface area (Å²) < 4.78 is 23.6. The number of carboxylic acids is 1. The highest BCUT2D eigenvalue weighted by molar-refractivity contribution is 7.46. The number of hydrogen-bond acceptors (Lipinski definition) is 8. The molecular formula is C13H18N5O8P. The van der Waals surface area contributed by atoms with E-state index >= 15 is 0 Å². The summed E-state index contributed by atoms with van der Waals surface area (Å²) in [5, 5.41) is 26.9. The fourth-order valence-corrected chi connectivity index (χ4v) is 3.11. The van der Waals surface area contributed by atoms with Gasteiger partial charge in [-0.25, -0.2) is 14.5 Å². The molecule has 14 heteroatoms. The van der Waals surface area contributed by atoms with E-state index in [0.717, 1.165) is 0 Å². The van der Waals surface area contributed by atoms with Gasteiger partial charge in [0.1, 0.15) is 17.8 Å². The van der Waals surface area contributed by atoms with Crippen LogP contribution in [0.15, 0.2) is 12.7 Å². The van der Waals surface area contributed by atoms with Crippen molar-refractivity contribution in [2.24, 2.45) is 0 Å². The Labute approximate surface area is 151 Å². The molecule has 1 aliphatic rings. The Kier molecular flexibility index (Phi) is 5.42. The molecule has 0 radical (unpaired) electrons. The number of aliphatic carboxylic acids is 1. The van der Waals surface area contributed by atoms with E-state index < -0.39 is 38.8 Å². The first kappa shape index (κ1) is 19.6. The third-order valence-corrected chi connectivity index (χ3v) is 4.57. The summed E-state index contributed by atoms with van der Waals surface area (Å²) in [4.78, 5) is 36.5. The predicted octanol–water partition coefficient (Wildman–Crippen LogP) is -1.06. The molecule has 1 fully saturated rings. The van der Waals surface area contributed by atoms with Crippen molar-refractivity contribution in [2.45, 2.75) is 37.8 Å². The maximum Gasteiger partial charge on any atom is 0.469 e. The van der Waals surface area contributed by atoms with E-state index in [-0.39, 0.29) is 30.4 Å². The molecule has 1 saturated heterocycles. The maximum atomic E-state index is 10.8. The largest absolute Gasteiger partial charge is 0.481 e. The summed E-state index contributed by atoms with van der Waals surface area (Å²) in [5.74, 6) is -0.996. The van der Waals surface area contributed by atoms with Crippen molar-refractivity contribution in [1.82, 2.24) is 19.1 Å². The first-order valence-electron chi connectivity index (χ1n) is 7.87. The number of ether oxygens (including phenoxy) is 1. The molecule has 0 aromatic carbocycles. The van der Waals surface area contributed by atoms with E-state index in [2.05, 4.69) is 14.5 Å². The average Bonchev–Trinajstić information content (AvgIpc) is 3.15. The van der Waals surface area contributed by atoms with Gasteiger partial charge in [0, 0.05) is 13.0 Å². The summed E-state index contributed by atoms with van der Waals surface area (Å²) in [6.45, 7) is -0.411. The van der Waals surface area contributed by atoms with Crippen LogP contribution in [0.3, 0.4) is 0 Å². The van der Waals surface area contributed by atoms with Gasteiger partial charge in [0.15, 0.2) is 11.1 Å². The monoisotopic (exact) mass is 403 g/mol. The van der Waals surface area contributed by atoms with Gasteiger partial charge in [-0.05, 0) is 0 Å². The molecule has 0 amide bonds. The van der Waals surface area contributed by atoms with Crippen LogP contribution in [-0.4, -0.2) is 63.9 Å². The van der Waals surface area contributed by atoms with Gasteiger partial charge in [0.25, 0.3) is 0 Å². The number of aromatic nitrogens is 4. The number of nitrogens with zero attached hydrogens (tertiary/aromatic N) is 4. The lowest BCUT2D eigenvalue weighted by Gasteiger charge is -2.16. The Hall–Kier alpha value is -2.15. The van der Waals surface area contributed by atoms with Crippen molar-refractivity contribution >= 4 is 25.0 Å². The highest BCUT2D eigenvalue weighted by Crippen LogP contribution is 2.38. The molecule has 5 N–H and O–H groups in total. The van der Waals surface area contributed by atoms with E-state index in [4.69, 9.17) is 25.0 Å². The molecule has 3 atom stereocenters. The van der Waals surface area contributed by atoms with Crippen molar-refractivity contribution in [3.8, 4) is 0 Å². The zero-order valence-corrected chi connectivity index (χ0v) is 14.8. The third kappa shape index (κ3) is 4.40. The number of aliphatic hydroxyl groups excluding tert-OH is 1. The summed E-state index contributed by atoms with van der Waals surface area (Å²) in [7, 11) is -4.68. The SMILES string of the molecule is N=c1c2ncn([C@H]3C[C@H](O)[C@@H](COP(=O)(O)O)O3)c2ncn1CCC(=O)O. The molecule has 0 bridgehead atoms. The van der Waals surface area contributed by atoms with Crippen LogP contribution in [0.25, 0.3) is 11.2 Å². The molecule has 2 aromatic heterocycles. The molecule has 3 heterocycles. The molecule has 0 spiro atoms. The Balaban J connectivity index is 1.79. The van der Waals surface area contributed by atoms with Gasteiger partial charge < -0.3 is 29.3 Å². The lowest BCUT2D eigenvalue weighted by atomic mass is 10.2. The molecule has 27 heavy (non-hydrogen) atoms. The van der Waals surface area contributed by atoms with Gasteiger partial charge in [-0.3, -0.25) is 19.3 Å². The predicted molar refractivity (Wildman–Crippen MR) is 86.2 cm³/mol. The first-order valence-corrected chi connectivity index (χ1v) is 9.40. The van der Waals surface area contributed by atoms with E-state index in [9.17, 15) is 14.5 Å². The molecule has 1 aliphatic heterocycles. The van der Waals surface area contributed by atoms with Gasteiger partial charge >= 0.3 is 13.8 Å². The van der Waals surface area contributed by atoms with Crippen LogP contribution in [0.2, 0.25) is 0 Å². The maximum absolute atomic E-state index is 10.8. The Morgan fingerprint density at radius 3 is 2.81 bits per heavy atom. The quantitative estimate of drug-likeness (QED) is 0.356. The number of aliphatic hydroxyl groups is 1. The molecule has 148 valence electrons. The lowest BCUT2D eigenvalue weighted by molar-refractivity contribution is -0.137. The second-order valence-electron chi connectivity index (χ2n) is 5.97. The van der Waals surface area contributed by atoms with E-state index in [1.54, 1.807) is 0 Å². The van der Waals surface area contributed by atoms with Crippen LogP contribution < -0.4 is 5.49 Å². The number of phosphoric ester groups is 1. The molecule has 0 aliphatic carbocycles. The van der Waals surface area contributed by atoms with Gasteiger partial charge in [0.05, 0.1) is 31.8 Å². The van der Waals surface area contributed by atoms with Crippen molar-refractivity contribution in [1.29, 1.82) is 5.41 Å². The Morgan fingerprint density at radius 2 is 2.15 bits per heavy atom. The highest BCUT2D eigenvalue weighted by atomic mass is 31.2. The average molecular weight is 403 g/mol. The summed E-state index contributed by atoms with van der Waals surface area (Å²) in [6.07, 6.45) is -0.0184. The zero-order valence-electron chi connectivity index (χ0n) is 13.9. The molecule has 3 rings (SSSR count). The number of carbonyl (C=O) groups is 1. The summed E-state index contributed by atoms with van der Waals surface area (Å²) in [6, 6.07) is 0. The Morgan fingerprint density at radius 1 is 1.41 bits per heavy atom. The number of nitrogens with one attached hydrogen (secondary N) is 1. The molecule has 0 saturated carbocycles. The molecule has 2 aromatic rings. The Bertz CT molecular complexity index is 952. The van der Waals surface area contributed by atoms with E-state index in [1.807, 2.05) is 0 Å². The van der Waals surface area contributed by atoms with Crippen molar-refractivity contribution in [2.75, 3.05) is 6.61 Å². The molecular weight excluding hydrogens is 385 g/mol. The van der Waals surface area contributed by atoms with E-state index in [0.29, 0.717) is 5.65 Å². The second kappa shape index (κ2) is 7.46. The third-order valence-electron chi connectivity index (χ3n) is 4.09. The van der Waals surface area contributed by atoms with Gasteiger partial charge in [-0.1, -0.05) is 0 Å². The smallest absolute Gasteiger partial charge is 0.469 e. The fourth-order valence-electron chi connectivity index (χ4n) is 2.77. The van der Waals surface area contributed by atoms with Crippen LogP contribution in [0.4, 0.5) is 0 Å². The number of carboxylic acid groups (broad SMARTS) is 1.